The van der Waals surface area contributed by atoms with Crippen LogP contribution in [0, 0.1) is 11.8 Å². The minimum atomic E-state index is -0.545. The molecule has 1 aliphatic heterocycles. The van der Waals surface area contributed by atoms with Crippen LogP contribution in [0.25, 0.3) is 0 Å². The predicted molar refractivity (Wildman–Crippen MR) is 90.1 cm³/mol. The Morgan fingerprint density at radius 3 is 2.70 bits per heavy atom. The number of ether oxygens (including phenoxy) is 1. The first-order valence-electron chi connectivity index (χ1n) is 7.83. The van der Waals surface area contributed by atoms with Crippen molar-refractivity contribution in [3.05, 3.63) is 47.5 Å². The maximum Gasteiger partial charge on any atom is 0.416 e. The second kappa shape index (κ2) is 8.16. The van der Waals surface area contributed by atoms with Gasteiger partial charge in [-0.3, -0.25) is 4.79 Å². The van der Waals surface area contributed by atoms with E-state index in [-0.39, 0.29) is 30.4 Å². The average molecular weight is 336 g/mol. The van der Waals surface area contributed by atoms with Crippen LogP contribution in [-0.4, -0.2) is 29.5 Å². The minimum absolute atomic E-state index is 0.112. The quantitative estimate of drug-likeness (QED) is 0.789. The lowest BCUT2D eigenvalue weighted by Crippen LogP contribution is -2.44. The topological polar surface area (TPSA) is 46.6 Å². The predicted octanol–water partition coefficient (Wildman–Crippen LogP) is 3.99. The molecule has 1 aliphatic rings. The van der Waals surface area contributed by atoms with Crippen molar-refractivity contribution in [1.82, 2.24) is 4.90 Å². The van der Waals surface area contributed by atoms with Gasteiger partial charge < -0.3 is 4.74 Å². The molecule has 0 saturated carbocycles. The molecular weight excluding hydrogens is 314 g/mol. The van der Waals surface area contributed by atoms with Crippen LogP contribution in [0.2, 0.25) is 0 Å². The Morgan fingerprint density at radius 1 is 1.39 bits per heavy atom. The van der Waals surface area contributed by atoms with Gasteiger partial charge in [0.1, 0.15) is 6.61 Å². The maximum atomic E-state index is 12.9. The molecule has 2 atom stereocenters. The molecule has 1 fully saturated rings. The van der Waals surface area contributed by atoms with Gasteiger partial charge in [-0.2, -0.15) is 0 Å². The van der Waals surface area contributed by atoms with Crippen molar-refractivity contribution in [3.8, 4) is 0 Å². The zero-order valence-corrected chi connectivity index (χ0v) is 14.2. The molecule has 0 aliphatic carbocycles. The summed E-state index contributed by atoms with van der Waals surface area (Å²) >= 11 is 5.58. The monoisotopic (exact) mass is 335 g/mol. The van der Waals surface area contributed by atoms with Crippen molar-refractivity contribution in [1.29, 1.82) is 0 Å². The van der Waals surface area contributed by atoms with Crippen LogP contribution in [-0.2, 0) is 16.0 Å². The summed E-state index contributed by atoms with van der Waals surface area (Å²) in [4.78, 5) is 26.2. The Hall–Kier alpha value is -1.81. The number of amides is 2. The first-order chi connectivity index (χ1) is 11.0. The third-order valence-corrected chi connectivity index (χ3v) is 4.29. The molecule has 23 heavy (non-hydrogen) atoms. The number of halogens is 1. The summed E-state index contributed by atoms with van der Waals surface area (Å²) in [5.41, 5.74) is 2.49. The van der Waals surface area contributed by atoms with E-state index in [0.717, 1.165) is 5.56 Å². The van der Waals surface area contributed by atoms with E-state index >= 15 is 0 Å². The summed E-state index contributed by atoms with van der Waals surface area (Å²) in [5.74, 6) is -0.353. The van der Waals surface area contributed by atoms with Crippen LogP contribution >= 0.6 is 11.6 Å². The number of imide groups is 1. The van der Waals surface area contributed by atoms with Gasteiger partial charge in [-0.05, 0) is 24.3 Å². The lowest BCUT2D eigenvalue weighted by atomic mass is 9.90. The van der Waals surface area contributed by atoms with E-state index in [9.17, 15) is 9.59 Å². The molecule has 0 aromatic heterocycles. The number of allylic oxidation sites excluding steroid dienone is 1. The highest BCUT2D eigenvalue weighted by Crippen LogP contribution is 2.25. The summed E-state index contributed by atoms with van der Waals surface area (Å²) in [6.45, 7) is 4.19. The van der Waals surface area contributed by atoms with Crippen LogP contribution in [0.3, 0.4) is 0 Å². The second-order valence-corrected chi connectivity index (χ2v) is 6.33. The van der Waals surface area contributed by atoms with Crippen molar-refractivity contribution in [3.63, 3.8) is 0 Å². The van der Waals surface area contributed by atoms with E-state index in [4.69, 9.17) is 16.3 Å². The second-order valence-electron chi connectivity index (χ2n) is 6.08. The number of carbonyl (C=O) groups excluding carboxylic acids is 2. The average Bonchev–Trinajstić information content (AvgIpc) is 2.88. The molecule has 1 heterocycles. The number of nitrogens with zero attached hydrogens (tertiary/aromatic N) is 1. The Morgan fingerprint density at radius 2 is 2.09 bits per heavy atom. The van der Waals surface area contributed by atoms with E-state index in [1.54, 1.807) is 6.08 Å². The molecule has 124 valence electrons. The molecule has 2 amide bonds. The molecule has 1 saturated heterocycles. The fourth-order valence-electron chi connectivity index (χ4n) is 2.80. The lowest BCUT2D eigenvalue weighted by molar-refractivity contribution is -0.134. The molecule has 0 spiro atoms. The molecule has 2 rings (SSSR count). The number of cyclic esters (lactones) is 1. The van der Waals surface area contributed by atoms with Gasteiger partial charge in [-0.1, -0.05) is 61.9 Å². The molecule has 5 heteroatoms. The minimum Gasteiger partial charge on any atom is -0.447 e. The summed E-state index contributed by atoms with van der Waals surface area (Å²) in [6, 6.07) is 9.56. The number of hydrogen-bond acceptors (Lipinski definition) is 3. The van der Waals surface area contributed by atoms with Crippen molar-refractivity contribution >= 4 is 23.6 Å². The number of carbonyl (C=O) groups is 2. The van der Waals surface area contributed by atoms with Crippen LogP contribution in [0.4, 0.5) is 4.79 Å². The Balaban J connectivity index is 2.15. The standard InChI is InChI=1S/C18H22ClNO3/c1-13(2)16(9-6-10-19)17(21)20-15(12-23-18(20)22)11-14-7-4-3-5-8-14/h3-8,10,13,15-16H,9,11-12H2,1-2H3/b10-6+/t15-,16-/m1/s1. The van der Waals surface area contributed by atoms with Crippen molar-refractivity contribution in [2.75, 3.05) is 6.61 Å². The van der Waals surface area contributed by atoms with Crippen molar-refractivity contribution in [2.24, 2.45) is 11.8 Å². The summed E-state index contributed by atoms with van der Waals surface area (Å²) in [7, 11) is 0. The molecule has 1 aromatic rings. The smallest absolute Gasteiger partial charge is 0.416 e. The number of rotatable bonds is 6. The first kappa shape index (κ1) is 17.5. The highest BCUT2D eigenvalue weighted by molar-refractivity contribution is 6.25. The molecular formula is C18H22ClNO3. The van der Waals surface area contributed by atoms with Gasteiger partial charge in [0, 0.05) is 11.5 Å². The SMILES string of the molecule is CC(C)[C@@H](C/C=C/Cl)C(=O)N1C(=O)OC[C@H]1Cc1ccccc1. The summed E-state index contributed by atoms with van der Waals surface area (Å²) in [6.07, 6.45) is 2.32. The zero-order valence-electron chi connectivity index (χ0n) is 13.4. The van der Waals surface area contributed by atoms with E-state index in [2.05, 4.69) is 0 Å². The van der Waals surface area contributed by atoms with Crippen LogP contribution < -0.4 is 0 Å². The summed E-state index contributed by atoms with van der Waals surface area (Å²) in [5, 5.41) is 0. The fourth-order valence-corrected chi connectivity index (χ4v) is 2.90. The third-order valence-electron chi connectivity index (χ3n) is 4.11. The molecule has 0 N–H and O–H groups in total. The Labute approximate surface area is 142 Å². The van der Waals surface area contributed by atoms with Gasteiger partial charge >= 0.3 is 6.09 Å². The van der Waals surface area contributed by atoms with Crippen LogP contribution in [0.5, 0.6) is 0 Å². The van der Waals surface area contributed by atoms with E-state index in [0.29, 0.717) is 12.8 Å². The van der Waals surface area contributed by atoms with Crippen LogP contribution in [0.1, 0.15) is 25.8 Å². The zero-order chi connectivity index (χ0) is 16.8. The van der Waals surface area contributed by atoms with Gasteiger partial charge in [0.15, 0.2) is 0 Å². The van der Waals surface area contributed by atoms with Crippen LogP contribution in [0.15, 0.2) is 41.9 Å². The van der Waals surface area contributed by atoms with E-state index < -0.39 is 6.09 Å². The fraction of sp³-hybridized carbons (Fsp3) is 0.444. The van der Waals surface area contributed by atoms with Gasteiger partial charge in [0.25, 0.3) is 0 Å². The van der Waals surface area contributed by atoms with E-state index in [1.165, 1.54) is 10.4 Å². The molecule has 0 bridgehead atoms. The molecule has 1 aromatic carbocycles. The van der Waals surface area contributed by atoms with Gasteiger partial charge in [0.05, 0.1) is 6.04 Å². The molecule has 0 radical (unpaired) electrons. The largest absolute Gasteiger partial charge is 0.447 e. The Kier molecular flexibility index (Phi) is 6.22. The summed E-state index contributed by atoms with van der Waals surface area (Å²) < 4.78 is 5.13. The molecule has 4 nitrogen and oxygen atoms in total. The lowest BCUT2D eigenvalue weighted by Gasteiger charge is -2.26. The normalized spacial score (nSPS) is 19.4. The number of benzene rings is 1. The third kappa shape index (κ3) is 4.35. The van der Waals surface area contributed by atoms with Gasteiger partial charge in [-0.25, -0.2) is 9.69 Å². The Bertz CT molecular complexity index is 571. The highest BCUT2D eigenvalue weighted by Gasteiger charge is 2.41. The van der Waals surface area contributed by atoms with E-state index in [1.807, 2.05) is 44.2 Å². The molecule has 0 unspecified atom stereocenters. The van der Waals surface area contributed by atoms with Gasteiger partial charge in [0.2, 0.25) is 5.91 Å². The first-order valence-corrected chi connectivity index (χ1v) is 8.27. The maximum absolute atomic E-state index is 12.9. The van der Waals surface area contributed by atoms with Crippen molar-refractivity contribution in [2.45, 2.75) is 32.7 Å². The highest BCUT2D eigenvalue weighted by atomic mass is 35.5. The number of hydrogen-bond donors (Lipinski definition) is 0. The van der Waals surface area contributed by atoms with Gasteiger partial charge in [-0.15, -0.1) is 0 Å². The van der Waals surface area contributed by atoms with Crippen molar-refractivity contribution < 1.29 is 14.3 Å².